The fraction of sp³-hybridized carbons (Fsp3) is 0.167. The van der Waals surface area contributed by atoms with Crippen molar-refractivity contribution < 1.29 is 13.9 Å². The number of anilines is 2. The summed E-state index contributed by atoms with van der Waals surface area (Å²) in [5, 5.41) is 3.80. The Bertz CT molecular complexity index is 598. The van der Waals surface area contributed by atoms with Gasteiger partial charge in [0.1, 0.15) is 6.26 Å². The van der Waals surface area contributed by atoms with Gasteiger partial charge in [0.25, 0.3) is 6.01 Å². The molecule has 2 rings (SSSR count). The number of ether oxygens (including phenoxy) is 1. The molecule has 0 aliphatic heterocycles. The van der Waals surface area contributed by atoms with E-state index in [9.17, 15) is 4.79 Å². The van der Waals surface area contributed by atoms with Crippen LogP contribution in [0.2, 0.25) is 10.0 Å². The molecule has 0 spiro atoms. The fourth-order valence-corrected chi connectivity index (χ4v) is 1.68. The lowest BCUT2D eigenvalue weighted by molar-refractivity contribution is 0.0519. The number of nitrogens with one attached hydrogen (secondary N) is 1. The van der Waals surface area contributed by atoms with Gasteiger partial charge in [-0.2, -0.15) is 4.98 Å². The molecule has 0 unspecified atom stereocenters. The summed E-state index contributed by atoms with van der Waals surface area (Å²) in [5.74, 6) is -0.545. The van der Waals surface area contributed by atoms with Crippen molar-refractivity contribution in [2.75, 3.05) is 11.9 Å². The summed E-state index contributed by atoms with van der Waals surface area (Å²) in [7, 11) is 0. The summed E-state index contributed by atoms with van der Waals surface area (Å²) in [4.78, 5) is 15.4. The predicted molar refractivity (Wildman–Crippen MR) is 72.2 cm³/mol. The normalized spacial score (nSPS) is 10.3. The highest BCUT2D eigenvalue weighted by Gasteiger charge is 2.13. The van der Waals surface area contributed by atoms with Crippen molar-refractivity contribution in [2.45, 2.75) is 6.92 Å². The monoisotopic (exact) mass is 300 g/mol. The Morgan fingerprint density at radius 1 is 1.47 bits per heavy atom. The second kappa shape index (κ2) is 5.95. The smallest absolute Gasteiger partial charge is 0.360 e. The second-order valence-corrected chi connectivity index (χ2v) is 4.35. The number of hydrogen-bond acceptors (Lipinski definition) is 5. The van der Waals surface area contributed by atoms with Gasteiger partial charge in [-0.25, -0.2) is 4.79 Å². The molecule has 7 heteroatoms. The first-order valence-electron chi connectivity index (χ1n) is 5.45. The van der Waals surface area contributed by atoms with Gasteiger partial charge < -0.3 is 14.5 Å². The summed E-state index contributed by atoms with van der Waals surface area (Å²) in [6.07, 6.45) is 1.21. The minimum absolute atomic E-state index is 0.0856. The number of benzene rings is 1. The van der Waals surface area contributed by atoms with Gasteiger partial charge in [-0.05, 0) is 25.1 Å². The molecule has 1 heterocycles. The highest BCUT2D eigenvalue weighted by atomic mass is 35.5. The van der Waals surface area contributed by atoms with Gasteiger partial charge >= 0.3 is 5.97 Å². The molecular weight excluding hydrogens is 291 g/mol. The Kier molecular flexibility index (Phi) is 4.29. The van der Waals surface area contributed by atoms with Crippen molar-refractivity contribution in [3.8, 4) is 0 Å². The quantitative estimate of drug-likeness (QED) is 0.868. The van der Waals surface area contributed by atoms with Crippen LogP contribution >= 0.6 is 23.2 Å². The maximum Gasteiger partial charge on any atom is 0.360 e. The summed E-state index contributed by atoms with van der Waals surface area (Å²) in [6.45, 7) is 1.98. The minimum atomic E-state index is -0.545. The molecule has 0 amide bonds. The van der Waals surface area contributed by atoms with Gasteiger partial charge in [0.2, 0.25) is 0 Å². The molecule has 5 nitrogen and oxygen atoms in total. The average Bonchev–Trinajstić information content (AvgIpc) is 2.83. The zero-order valence-corrected chi connectivity index (χ0v) is 11.5. The predicted octanol–water partition coefficient (Wildman–Crippen LogP) is 3.90. The van der Waals surface area contributed by atoms with E-state index in [0.717, 1.165) is 0 Å². The molecule has 19 heavy (non-hydrogen) atoms. The maximum absolute atomic E-state index is 11.4. The molecule has 2 aromatic rings. The molecule has 100 valence electrons. The number of aromatic nitrogens is 1. The van der Waals surface area contributed by atoms with Crippen LogP contribution < -0.4 is 5.32 Å². The highest BCUT2D eigenvalue weighted by Crippen LogP contribution is 2.28. The second-order valence-electron chi connectivity index (χ2n) is 3.51. The van der Waals surface area contributed by atoms with Crippen LogP contribution in [0.4, 0.5) is 11.7 Å². The van der Waals surface area contributed by atoms with Crippen molar-refractivity contribution in [3.05, 3.63) is 40.2 Å². The Morgan fingerprint density at radius 3 is 3.00 bits per heavy atom. The van der Waals surface area contributed by atoms with Crippen molar-refractivity contribution >= 4 is 40.9 Å². The third-order valence-corrected chi connectivity index (χ3v) is 2.72. The van der Waals surface area contributed by atoms with E-state index < -0.39 is 5.97 Å². The lowest BCUT2D eigenvalue weighted by Crippen LogP contribution is -2.05. The molecule has 0 aliphatic rings. The van der Waals surface area contributed by atoms with Gasteiger partial charge in [0.05, 0.1) is 17.3 Å². The molecule has 1 aromatic heterocycles. The Labute approximate surface area is 119 Å². The van der Waals surface area contributed by atoms with Crippen LogP contribution in [0.15, 0.2) is 28.9 Å². The van der Waals surface area contributed by atoms with E-state index in [1.807, 2.05) is 0 Å². The van der Waals surface area contributed by atoms with E-state index in [0.29, 0.717) is 15.7 Å². The molecule has 0 fully saturated rings. The van der Waals surface area contributed by atoms with Gasteiger partial charge in [0, 0.05) is 5.02 Å². The molecule has 0 bridgehead atoms. The molecule has 0 atom stereocenters. The van der Waals surface area contributed by atoms with Gasteiger partial charge in [0.15, 0.2) is 5.69 Å². The van der Waals surface area contributed by atoms with E-state index in [1.165, 1.54) is 6.26 Å². The Balaban J connectivity index is 2.15. The minimum Gasteiger partial charge on any atom is -0.461 e. The Hall–Kier alpha value is -1.72. The molecule has 0 saturated heterocycles. The number of halogens is 2. The van der Waals surface area contributed by atoms with Crippen LogP contribution in [0, 0.1) is 0 Å². The topological polar surface area (TPSA) is 64.4 Å². The van der Waals surface area contributed by atoms with Crippen LogP contribution in [-0.4, -0.2) is 17.6 Å². The van der Waals surface area contributed by atoms with Crippen LogP contribution in [0.1, 0.15) is 17.4 Å². The fourth-order valence-electron chi connectivity index (χ4n) is 1.34. The summed E-state index contributed by atoms with van der Waals surface area (Å²) >= 11 is 11.8. The van der Waals surface area contributed by atoms with Crippen LogP contribution in [0.3, 0.4) is 0 Å². The van der Waals surface area contributed by atoms with E-state index in [1.54, 1.807) is 25.1 Å². The van der Waals surface area contributed by atoms with Crippen LogP contribution in [0.25, 0.3) is 0 Å². The molecule has 1 N–H and O–H groups in total. The molecule has 0 aliphatic carbocycles. The van der Waals surface area contributed by atoms with Gasteiger partial charge in [-0.15, -0.1) is 0 Å². The molecule has 0 radical (unpaired) electrons. The van der Waals surface area contributed by atoms with Crippen LogP contribution in [0.5, 0.6) is 0 Å². The number of hydrogen-bond donors (Lipinski definition) is 1. The number of oxazole rings is 1. The average molecular weight is 301 g/mol. The number of nitrogens with zero attached hydrogens (tertiary/aromatic N) is 1. The first-order chi connectivity index (χ1) is 9.10. The van der Waals surface area contributed by atoms with Crippen molar-refractivity contribution in [2.24, 2.45) is 0 Å². The summed E-state index contributed by atoms with van der Waals surface area (Å²) in [6, 6.07) is 5.06. The van der Waals surface area contributed by atoms with E-state index >= 15 is 0 Å². The van der Waals surface area contributed by atoms with Gasteiger partial charge in [-0.1, -0.05) is 23.2 Å². The lowest BCUT2D eigenvalue weighted by Gasteiger charge is -2.04. The van der Waals surface area contributed by atoms with E-state index in [-0.39, 0.29) is 18.3 Å². The number of esters is 1. The number of carbonyl (C=O) groups is 1. The zero-order chi connectivity index (χ0) is 13.8. The van der Waals surface area contributed by atoms with Crippen molar-refractivity contribution in [3.63, 3.8) is 0 Å². The SMILES string of the molecule is CCOC(=O)c1coc(Nc2cc(Cl)ccc2Cl)n1. The lowest BCUT2D eigenvalue weighted by atomic mass is 10.3. The highest BCUT2D eigenvalue weighted by molar-refractivity contribution is 6.35. The van der Waals surface area contributed by atoms with E-state index in [4.69, 9.17) is 32.4 Å². The number of rotatable bonds is 4. The molecule has 0 saturated carbocycles. The van der Waals surface area contributed by atoms with E-state index in [2.05, 4.69) is 10.3 Å². The Morgan fingerprint density at radius 2 is 2.26 bits per heavy atom. The van der Waals surface area contributed by atoms with Crippen molar-refractivity contribution in [1.82, 2.24) is 4.98 Å². The summed E-state index contributed by atoms with van der Waals surface area (Å²) < 4.78 is 9.90. The van der Waals surface area contributed by atoms with Crippen LogP contribution in [-0.2, 0) is 4.74 Å². The third kappa shape index (κ3) is 3.39. The number of carbonyl (C=O) groups excluding carboxylic acids is 1. The molecular formula is C12H10Cl2N2O3. The zero-order valence-electron chi connectivity index (χ0n) is 9.94. The largest absolute Gasteiger partial charge is 0.461 e. The van der Waals surface area contributed by atoms with Gasteiger partial charge in [-0.3, -0.25) is 0 Å². The first-order valence-corrected chi connectivity index (χ1v) is 6.20. The van der Waals surface area contributed by atoms with Crippen molar-refractivity contribution in [1.29, 1.82) is 0 Å². The standard InChI is InChI=1S/C12H10Cl2N2O3/c1-2-18-11(17)10-6-19-12(16-10)15-9-5-7(13)3-4-8(9)14/h3-6H,2H2,1H3,(H,15,16). The maximum atomic E-state index is 11.4. The molecule has 1 aromatic carbocycles. The summed E-state index contributed by atoms with van der Waals surface area (Å²) in [5.41, 5.74) is 0.619. The first kappa shape index (κ1) is 13.7. The third-order valence-electron chi connectivity index (χ3n) is 2.16.